The summed E-state index contributed by atoms with van der Waals surface area (Å²) >= 11 is 0. The Hall–Kier alpha value is -2.03. The van der Waals surface area contributed by atoms with Crippen molar-refractivity contribution in [2.75, 3.05) is 6.54 Å². The van der Waals surface area contributed by atoms with Gasteiger partial charge in [-0.3, -0.25) is 9.69 Å². The highest BCUT2D eigenvalue weighted by molar-refractivity contribution is 6.07. The van der Waals surface area contributed by atoms with Crippen molar-refractivity contribution in [3.05, 3.63) is 5.82 Å². The lowest BCUT2D eigenvalue weighted by atomic mass is 9.72. The number of imide groups is 1. The second kappa shape index (κ2) is 5.06. The van der Waals surface area contributed by atoms with Crippen molar-refractivity contribution in [1.29, 1.82) is 0 Å². The van der Waals surface area contributed by atoms with Crippen molar-refractivity contribution in [2.45, 2.75) is 37.8 Å². The fourth-order valence-corrected chi connectivity index (χ4v) is 3.33. The standard InChI is InChI=1S/C12H19N7O2/c1-18-16-9(15-17-18)7-19-10(20)12(14-11(19)21)5-3-2-4-8(12)6-13/h8H,2-7,13H2,1H3,(H,14,21). The largest absolute Gasteiger partial charge is 0.330 e. The van der Waals surface area contributed by atoms with Gasteiger partial charge in [0.05, 0.1) is 13.6 Å². The summed E-state index contributed by atoms with van der Waals surface area (Å²) in [5.41, 5.74) is 4.97. The lowest BCUT2D eigenvalue weighted by Crippen LogP contribution is -2.56. The minimum absolute atomic E-state index is 0.0116. The van der Waals surface area contributed by atoms with E-state index in [2.05, 4.69) is 20.7 Å². The van der Waals surface area contributed by atoms with Crippen LogP contribution in [0.1, 0.15) is 31.5 Å². The molecular formula is C12H19N7O2. The number of carbonyl (C=O) groups is 2. The van der Waals surface area contributed by atoms with Gasteiger partial charge >= 0.3 is 6.03 Å². The zero-order valence-electron chi connectivity index (χ0n) is 11.9. The molecule has 0 bridgehead atoms. The normalized spacial score (nSPS) is 29.2. The van der Waals surface area contributed by atoms with Crippen LogP contribution in [-0.2, 0) is 18.4 Å². The maximum atomic E-state index is 12.8. The quantitative estimate of drug-likeness (QED) is 0.701. The minimum atomic E-state index is -0.841. The second-order valence-corrected chi connectivity index (χ2v) is 5.67. The van der Waals surface area contributed by atoms with Crippen molar-refractivity contribution in [1.82, 2.24) is 30.4 Å². The van der Waals surface area contributed by atoms with E-state index in [1.807, 2.05) is 0 Å². The van der Waals surface area contributed by atoms with E-state index >= 15 is 0 Å². The summed E-state index contributed by atoms with van der Waals surface area (Å²) in [7, 11) is 1.63. The van der Waals surface area contributed by atoms with Gasteiger partial charge in [-0.25, -0.2) is 4.79 Å². The molecule has 1 aromatic heterocycles. The lowest BCUT2D eigenvalue weighted by Gasteiger charge is -2.38. The Bertz CT molecular complexity index is 572. The third kappa shape index (κ3) is 2.17. The fraction of sp³-hybridized carbons (Fsp3) is 0.750. The van der Waals surface area contributed by atoms with Gasteiger partial charge in [-0.15, -0.1) is 10.2 Å². The predicted octanol–water partition coefficient (Wildman–Crippen LogP) is -0.850. The van der Waals surface area contributed by atoms with Gasteiger partial charge in [-0.05, 0) is 24.6 Å². The molecule has 3 rings (SSSR count). The highest BCUT2D eigenvalue weighted by atomic mass is 16.2. The molecule has 2 aliphatic rings. The number of tetrazole rings is 1. The highest BCUT2D eigenvalue weighted by Crippen LogP contribution is 2.38. The predicted molar refractivity (Wildman–Crippen MR) is 71.6 cm³/mol. The van der Waals surface area contributed by atoms with Gasteiger partial charge in [0, 0.05) is 5.92 Å². The van der Waals surface area contributed by atoms with E-state index in [4.69, 9.17) is 5.73 Å². The first-order valence-electron chi connectivity index (χ1n) is 7.14. The molecule has 2 atom stereocenters. The smallest absolute Gasteiger partial charge is 0.325 e. The molecular weight excluding hydrogens is 274 g/mol. The first-order chi connectivity index (χ1) is 10.1. The van der Waals surface area contributed by atoms with Crippen molar-refractivity contribution in [3.8, 4) is 0 Å². The molecule has 1 saturated heterocycles. The molecule has 2 unspecified atom stereocenters. The number of hydrogen-bond donors (Lipinski definition) is 2. The van der Waals surface area contributed by atoms with Crippen LogP contribution in [0.25, 0.3) is 0 Å². The Labute approximate surface area is 121 Å². The SMILES string of the molecule is Cn1nnc(CN2C(=O)NC3(CCCCC3CN)C2=O)n1. The molecule has 21 heavy (non-hydrogen) atoms. The van der Waals surface area contributed by atoms with Crippen LogP contribution >= 0.6 is 0 Å². The monoisotopic (exact) mass is 293 g/mol. The number of nitrogens with one attached hydrogen (secondary N) is 1. The number of aryl methyl sites for hydroxylation is 1. The molecule has 3 amide bonds. The van der Waals surface area contributed by atoms with Gasteiger partial charge in [-0.1, -0.05) is 12.8 Å². The maximum Gasteiger partial charge on any atom is 0.325 e. The molecule has 0 aromatic carbocycles. The van der Waals surface area contributed by atoms with Crippen LogP contribution in [0.2, 0.25) is 0 Å². The molecule has 1 spiro atoms. The van der Waals surface area contributed by atoms with Crippen LogP contribution in [0.15, 0.2) is 0 Å². The van der Waals surface area contributed by atoms with E-state index in [1.54, 1.807) is 7.05 Å². The Morgan fingerprint density at radius 1 is 1.43 bits per heavy atom. The number of hydrogen-bond acceptors (Lipinski definition) is 6. The summed E-state index contributed by atoms with van der Waals surface area (Å²) in [4.78, 5) is 27.4. The average Bonchev–Trinajstić information content (AvgIpc) is 2.98. The first-order valence-corrected chi connectivity index (χ1v) is 7.14. The van der Waals surface area contributed by atoms with Gasteiger partial charge in [0.1, 0.15) is 5.54 Å². The van der Waals surface area contributed by atoms with Crippen LogP contribution in [-0.4, -0.2) is 49.1 Å². The number of aromatic nitrogens is 4. The van der Waals surface area contributed by atoms with E-state index in [1.165, 1.54) is 9.70 Å². The van der Waals surface area contributed by atoms with E-state index in [9.17, 15) is 9.59 Å². The molecule has 114 valence electrons. The molecule has 1 aliphatic heterocycles. The number of carbonyl (C=O) groups excluding carboxylic acids is 2. The van der Waals surface area contributed by atoms with Crippen molar-refractivity contribution >= 4 is 11.9 Å². The van der Waals surface area contributed by atoms with E-state index < -0.39 is 11.6 Å². The summed E-state index contributed by atoms with van der Waals surface area (Å²) in [6.45, 7) is 0.431. The first kappa shape index (κ1) is 13.9. The van der Waals surface area contributed by atoms with Crippen molar-refractivity contribution in [3.63, 3.8) is 0 Å². The van der Waals surface area contributed by atoms with Crippen LogP contribution in [0.4, 0.5) is 4.79 Å². The molecule has 1 aromatic rings. The molecule has 2 heterocycles. The number of amides is 3. The van der Waals surface area contributed by atoms with E-state index in [-0.39, 0.29) is 18.4 Å². The number of nitrogens with zero attached hydrogens (tertiary/aromatic N) is 5. The van der Waals surface area contributed by atoms with Crippen molar-refractivity contribution < 1.29 is 9.59 Å². The van der Waals surface area contributed by atoms with E-state index in [0.29, 0.717) is 18.8 Å². The highest BCUT2D eigenvalue weighted by Gasteiger charge is 2.55. The van der Waals surface area contributed by atoms with Gasteiger partial charge < -0.3 is 11.1 Å². The summed E-state index contributed by atoms with van der Waals surface area (Å²) < 4.78 is 0. The Kier molecular flexibility index (Phi) is 3.36. The summed E-state index contributed by atoms with van der Waals surface area (Å²) in [5.74, 6) is 0.121. The summed E-state index contributed by atoms with van der Waals surface area (Å²) in [5, 5.41) is 14.4. The topological polar surface area (TPSA) is 119 Å². The van der Waals surface area contributed by atoms with Crippen LogP contribution in [0.5, 0.6) is 0 Å². The minimum Gasteiger partial charge on any atom is -0.330 e. The Morgan fingerprint density at radius 2 is 2.24 bits per heavy atom. The van der Waals surface area contributed by atoms with Gasteiger partial charge in [0.15, 0.2) is 5.82 Å². The molecule has 3 N–H and O–H groups in total. The van der Waals surface area contributed by atoms with Gasteiger partial charge in [0.25, 0.3) is 5.91 Å². The molecule has 1 aliphatic carbocycles. The van der Waals surface area contributed by atoms with Crippen LogP contribution in [0.3, 0.4) is 0 Å². The third-order valence-electron chi connectivity index (χ3n) is 4.41. The summed E-state index contributed by atoms with van der Waals surface area (Å²) in [6.07, 6.45) is 3.46. The van der Waals surface area contributed by atoms with Gasteiger partial charge in [-0.2, -0.15) is 4.80 Å². The average molecular weight is 293 g/mol. The molecule has 2 fully saturated rings. The number of rotatable bonds is 3. The number of urea groups is 1. The zero-order valence-corrected chi connectivity index (χ0v) is 11.9. The van der Waals surface area contributed by atoms with E-state index in [0.717, 1.165) is 19.3 Å². The zero-order chi connectivity index (χ0) is 15.0. The van der Waals surface area contributed by atoms with Gasteiger partial charge in [0.2, 0.25) is 0 Å². The molecule has 1 saturated carbocycles. The Morgan fingerprint density at radius 3 is 2.90 bits per heavy atom. The second-order valence-electron chi connectivity index (χ2n) is 5.67. The maximum absolute atomic E-state index is 12.8. The molecule has 9 heteroatoms. The number of nitrogens with two attached hydrogens (primary N) is 1. The summed E-state index contributed by atoms with van der Waals surface area (Å²) in [6, 6.07) is -0.396. The lowest BCUT2D eigenvalue weighted by molar-refractivity contribution is -0.134. The van der Waals surface area contributed by atoms with Crippen LogP contribution in [0, 0.1) is 5.92 Å². The molecule has 9 nitrogen and oxygen atoms in total. The van der Waals surface area contributed by atoms with Crippen LogP contribution < -0.4 is 11.1 Å². The molecule has 0 radical (unpaired) electrons. The third-order valence-corrected chi connectivity index (χ3v) is 4.41. The Balaban J connectivity index is 1.84. The van der Waals surface area contributed by atoms with Crippen molar-refractivity contribution in [2.24, 2.45) is 18.7 Å². The fourth-order valence-electron chi connectivity index (χ4n) is 3.33.